The van der Waals surface area contributed by atoms with E-state index in [1.807, 2.05) is 13.1 Å². The Morgan fingerprint density at radius 2 is 2.26 bits per heavy atom. The summed E-state index contributed by atoms with van der Waals surface area (Å²) >= 11 is 1.70. The molecule has 1 aliphatic heterocycles. The molecule has 0 fully saturated rings. The molecule has 1 aliphatic rings. The Morgan fingerprint density at radius 1 is 1.37 bits per heavy atom. The minimum absolute atomic E-state index is 0.114. The number of nitrogens with one attached hydrogen (secondary N) is 1. The van der Waals surface area contributed by atoms with Gasteiger partial charge in [-0.1, -0.05) is 18.2 Å². The van der Waals surface area contributed by atoms with Crippen LogP contribution in [0, 0.1) is 0 Å². The first-order chi connectivity index (χ1) is 9.35. The third kappa shape index (κ3) is 2.11. The van der Waals surface area contributed by atoms with Gasteiger partial charge in [-0.05, 0) is 24.1 Å². The van der Waals surface area contributed by atoms with E-state index in [0.717, 1.165) is 24.5 Å². The fraction of sp³-hybridized carbons (Fsp3) is 0.333. The van der Waals surface area contributed by atoms with E-state index < -0.39 is 0 Å². The van der Waals surface area contributed by atoms with Crippen LogP contribution in [0.5, 0.6) is 11.5 Å². The monoisotopic (exact) mass is 275 g/mol. The number of benzene rings is 1. The lowest BCUT2D eigenvalue weighted by Crippen LogP contribution is -2.17. The molecule has 1 aromatic heterocycles. The molecular formula is C15H17NO2S. The Kier molecular flexibility index (Phi) is 3.44. The molecule has 3 rings (SSSR count). The molecule has 0 spiro atoms. The van der Waals surface area contributed by atoms with Gasteiger partial charge in [-0.15, -0.1) is 11.3 Å². The van der Waals surface area contributed by atoms with Crippen molar-refractivity contribution >= 4 is 11.3 Å². The lowest BCUT2D eigenvalue weighted by molar-refractivity contribution is 0.350. The molecule has 100 valence electrons. The van der Waals surface area contributed by atoms with Crippen molar-refractivity contribution in [2.24, 2.45) is 0 Å². The first-order valence-corrected chi connectivity index (χ1v) is 7.26. The highest BCUT2D eigenvalue weighted by molar-refractivity contribution is 7.10. The summed E-state index contributed by atoms with van der Waals surface area (Å²) < 4.78 is 11.2. The second-order valence-corrected chi connectivity index (χ2v) is 5.46. The van der Waals surface area contributed by atoms with Gasteiger partial charge < -0.3 is 14.8 Å². The molecule has 0 saturated heterocycles. The lowest BCUT2D eigenvalue weighted by atomic mass is 10.0. The second-order valence-electron chi connectivity index (χ2n) is 4.51. The van der Waals surface area contributed by atoms with E-state index in [9.17, 15) is 0 Å². The molecule has 0 bridgehead atoms. The van der Waals surface area contributed by atoms with Crippen molar-refractivity contribution in [2.75, 3.05) is 20.8 Å². The van der Waals surface area contributed by atoms with Crippen LogP contribution in [0.4, 0.5) is 0 Å². The van der Waals surface area contributed by atoms with Crippen LogP contribution in [-0.4, -0.2) is 20.8 Å². The highest BCUT2D eigenvalue weighted by Crippen LogP contribution is 2.40. The Morgan fingerprint density at radius 3 is 3.05 bits per heavy atom. The zero-order valence-electron chi connectivity index (χ0n) is 11.1. The average molecular weight is 275 g/mol. The van der Waals surface area contributed by atoms with Crippen LogP contribution in [0.1, 0.15) is 22.0 Å². The smallest absolute Gasteiger partial charge is 0.134 e. The van der Waals surface area contributed by atoms with Crippen LogP contribution in [0.2, 0.25) is 0 Å². The summed E-state index contributed by atoms with van der Waals surface area (Å²) in [6.45, 7) is 0.782. The molecule has 0 radical (unpaired) electrons. The minimum Gasteiger partial charge on any atom is -0.496 e. The van der Waals surface area contributed by atoms with Crippen LogP contribution in [0.15, 0.2) is 29.6 Å². The standard InChI is InChI=1S/C15H17NO2S/c1-16-13(15-12(17-2)7-9-19-15)11-5-3-4-10-6-8-18-14(10)11/h3-5,7,9,13,16H,6,8H2,1-2H3. The topological polar surface area (TPSA) is 30.5 Å². The quantitative estimate of drug-likeness (QED) is 0.930. The summed E-state index contributed by atoms with van der Waals surface area (Å²) in [6, 6.07) is 8.50. The van der Waals surface area contributed by atoms with Crippen molar-refractivity contribution in [3.8, 4) is 11.5 Å². The average Bonchev–Trinajstić information content (AvgIpc) is 3.08. The summed E-state index contributed by atoms with van der Waals surface area (Å²) in [7, 11) is 3.68. The van der Waals surface area contributed by atoms with Gasteiger partial charge in [0.1, 0.15) is 11.5 Å². The molecule has 19 heavy (non-hydrogen) atoms. The molecule has 1 N–H and O–H groups in total. The largest absolute Gasteiger partial charge is 0.496 e. The Hall–Kier alpha value is -1.52. The molecule has 3 nitrogen and oxygen atoms in total. The van der Waals surface area contributed by atoms with E-state index in [1.165, 1.54) is 16.0 Å². The van der Waals surface area contributed by atoms with E-state index in [-0.39, 0.29) is 6.04 Å². The predicted molar refractivity (Wildman–Crippen MR) is 77.4 cm³/mol. The number of para-hydroxylation sites is 1. The van der Waals surface area contributed by atoms with Crippen LogP contribution in [-0.2, 0) is 6.42 Å². The van der Waals surface area contributed by atoms with E-state index >= 15 is 0 Å². The molecule has 4 heteroatoms. The molecule has 2 heterocycles. The minimum atomic E-state index is 0.114. The molecular weight excluding hydrogens is 258 g/mol. The number of hydrogen-bond acceptors (Lipinski definition) is 4. The van der Waals surface area contributed by atoms with Crippen LogP contribution >= 0.6 is 11.3 Å². The Labute approximate surface area is 117 Å². The van der Waals surface area contributed by atoms with E-state index in [1.54, 1.807) is 18.4 Å². The summed E-state index contributed by atoms with van der Waals surface area (Å²) in [4.78, 5) is 1.19. The fourth-order valence-corrected chi connectivity index (χ4v) is 3.57. The second kappa shape index (κ2) is 5.23. The van der Waals surface area contributed by atoms with Gasteiger partial charge in [0.15, 0.2) is 0 Å². The molecule has 0 aliphatic carbocycles. The van der Waals surface area contributed by atoms with Crippen LogP contribution < -0.4 is 14.8 Å². The Bertz CT molecular complexity index is 579. The van der Waals surface area contributed by atoms with Gasteiger partial charge in [0.2, 0.25) is 0 Å². The van der Waals surface area contributed by atoms with Crippen molar-refractivity contribution in [1.82, 2.24) is 5.32 Å². The van der Waals surface area contributed by atoms with Crippen molar-refractivity contribution in [3.63, 3.8) is 0 Å². The third-order valence-electron chi connectivity index (χ3n) is 3.48. The van der Waals surface area contributed by atoms with Crippen LogP contribution in [0.25, 0.3) is 0 Å². The molecule has 2 aromatic rings. The van der Waals surface area contributed by atoms with Gasteiger partial charge in [0.25, 0.3) is 0 Å². The van der Waals surface area contributed by atoms with E-state index in [0.29, 0.717) is 0 Å². The lowest BCUT2D eigenvalue weighted by Gasteiger charge is -2.19. The first kappa shape index (κ1) is 12.5. The van der Waals surface area contributed by atoms with Gasteiger partial charge in [-0.25, -0.2) is 0 Å². The zero-order chi connectivity index (χ0) is 13.2. The normalized spacial score (nSPS) is 14.8. The molecule has 0 amide bonds. The maximum atomic E-state index is 5.81. The Balaban J connectivity index is 2.06. The number of fused-ring (bicyclic) bond motifs is 1. The number of ether oxygens (including phenoxy) is 2. The van der Waals surface area contributed by atoms with Crippen molar-refractivity contribution in [2.45, 2.75) is 12.5 Å². The highest BCUT2D eigenvalue weighted by atomic mass is 32.1. The molecule has 1 atom stereocenters. The van der Waals surface area contributed by atoms with Gasteiger partial charge >= 0.3 is 0 Å². The number of hydrogen-bond donors (Lipinski definition) is 1. The SMILES string of the molecule is CNC(c1cccc2c1OCC2)c1sccc1OC. The van der Waals surface area contributed by atoms with Crippen molar-refractivity contribution < 1.29 is 9.47 Å². The maximum absolute atomic E-state index is 5.81. The number of methoxy groups -OCH3 is 1. The zero-order valence-corrected chi connectivity index (χ0v) is 11.9. The molecule has 1 aromatic carbocycles. The maximum Gasteiger partial charge on any atom is 0.134 e. The predicted octanol–water partition coefficient (Wildman–Crippen LogP) is 3.00. The van der Waals surface area contributed by atoms with E-state index in [4.69, 9.17) is 9.47 Å². The van der Waals surface area contributed by atoms with Gasteiger partial charge in [-0.2, -0.15) is 0 Å². The van der Waals surface area contributed by atoms with Crippen LogP contribution in [0.3, 0.4) is 0 Å². The summed E-state index contributed by atoms with van der Waals surface area (Å²) in [6.07, 6.45) is 1.00. The van der Waals surface area contributed by atoms with E-state index in [2.05, 4.69) is 28.9 Å². The van der Waals surface area contributed by atoms with Gasteiger partial charge in [-0.3, -0.25) is 0 Å². The van der Waals surface area contributed by atoms with Crippen molar-refractivity contribution in [3.05, 3.63) is 45.6 Å². The molecule has 1 unspecified atom stereocenters. The third-order valence-corrected chi connectivity index (χ3v) is 4.45. The highest BCUT2D eigenvalue weighted by Gasteiger charge is 2.25. The number of thiophene rings is 1. The fourth-order valence-electron chi connectivity index (χ4n) is 2.58. The summed E-state index contributed by atoms with van der Waals surface area (Å²) in [5.41, 5.74) is 2.49. The van der Waals surface area contributed by atoms with Gasteiger partial charge in [0, 0.05) is 12.0 Å². The molecule has 0 saturated carbocycles. The van der Waals surface area contributed by atoms with Crippen molar-refractivity contribution in [1.29, 1.82) is 0 Å². The summed E-state index contributed by atoms with van der Waals surface area (Å²) in [5, 5.41) is 5.43. The number of rotatable bonds is 4. The summed E-state index contributed by atoms with van der Waals surface area (Å²) in [5.74, 6) is 1.97. The first-order valence-electron chi connectivity index (χ1n) is 6.38. The van der Waals surface area contributed by atoms with Gasteiger partial charge in [0.05, 0.1) is 24.6 Å².